The van der Waals surface area contributed by atoms with Crippen LogP contribution >= 0.6 is 0 Å². The second kappa shape index (κ2) is 6.01. The number of hydrogen-bond donors (Lipinski definition) is 1. The van der Waals surface area contributed by atoms with Gasteiger partial charge in [-0.25, -0.2) is 4.79 Å². The zero-order valence-corrected chi connectivity index (χ0v) is 11.9. The lowest BCUT2D eigenvalue weighted by Crippen LogP contribution is -2.11. The van der Waals surface area contributed by atoms with E-state index in [0.29, 0.717) is 6.61 Å². The van der Waals surface area contributed by atoms with Crippen LogP contribution in [-0.4, -0.2) is 24.3 Å². The number of rotatable bonds is 5. The zero-order chi connectivity index (χ0) is 13.9. The minimum atomic E-state index is -0.917. The Labute approximate surface area is 109 Å². The molecule has 3 heteroatoms. The largest absolute Gasteiger partial charge is 0.480 e. The van der Waals surface area contributed by atoms with Crippen molar-refractivity contribution in [2.75, 3.05) is 13.2 Å². The highest BCUT2D eigenvalue weighted by Gasteiger charge is 2.11. The molecule has 0 aliphatic heterocycles. The maximum absolute atomic E-state index is 10.4. The van der Waals surface area contributed by atoms with Gasteiger partial charge in [-0.15, -0.1) is 0 Å². The fourth-order valence-electron chi connectivity index (χ4n) is 2.29. The predicted molar refractivity (Wildman–Crippen MR) is 72.3 cm³/mol. The maximum Gasteiger partial charge on any atom is 0.329 e. The summed E-state index contributed by atoms with van der Waals surface area (Å²) in [7, 11) is 0. The molecular weight excluding hydrogens is 228 g/mol. The van der Waals surface area contributed by atoms with Crippen LogP contribution in [0.25, 0.3) is 0 Å². The summed E-state index contributed by atoms with van der Waals surface area (Å²) in [5, 5.41) is 8.52. The van der Waals surface area contributed by atoms with Gasteiger partial charge in [-0.2, -0.15) is 0 Å². The molecule has 0 aliphatic carbocycles. The number of carboxylic acids is 1. The molecule has 0 radical (unpaired) electrons. The molecule has 0 unspecified atom stereocenters. The molecule has 1 aromatic carbocycles. The summed E-state index contributed by atoms with van der Waals surface area (Å²) in [4.78, 5) is 10.4. The van der Waals surface area contributed by atoms with E-state index in [2.05, 4.69) is 34.6 Å². The van der Waals surface area contributed by atoms with Crippen LogP contribution in [0.3, 0.4) is 0 Å². The van der Waals surface area contributed by atoms with E-state index in [9.17, 15) is 4.79 Å². The van der Waals surface area contributed by atoms with E-state index in [4.69, 9.17) is 9.84 Å². The first-order valence-electron chi connectivity index (χ1n) is 6.21. The van der Waals surface area contributed by atoms with Gasteiger partial charge in [0.15, 0.2) is 0 Å². The summed E-state index contributed by atoms with van der Waals surface area (Å²) < 4.78 is 5.12. The van der Waals surface area contributed by atoms with Crippen molar-refractivity contribution in [1.82, 2.24) is 0 Å². The van der Waals surface area contributed by atoms with Crippen LogP contribution in [0.15, 0.2) is 0 Å². The lowest BCUT2D eigenvalue weighted by molar-refractivity contribution is -0.142. The van der Waals surface area contributed by atoms with Gasteiger partial charge in [0.25, 0.3) is 0 Å². The van der Waals surface area contributed by atoms with Crippen molar-refractivity contribution in [3.05, 3.63) is 33.4 Å². The number of aliphatic carboxylic acids is 1. The van der Waals surface area contributed by atoms with E-state index in [1.807, 2.05) is 0 Å². The van der Waals surface area contributed by atoms with Gasteiger partial charge in [-0.3, -0.25) is 0 Å². The molecular formula is C15H22O3. The molecule has 0 aliphatic rings. The summed E-state index contributed by atoms with van der Waals surface area (Å²) in [6, 6.07) is 0. The topological polar surface area (TPSA) is 46.5 Å². The van der Waals surface area contributed by atoms with Crippen molar-refractivity contribution in [2.45, 2.75) is 41.0 Å². The quantitative estimate of drug-likeness (QED) is 0.817. The van der Waals surface area contributed by atoms with Gasteiger partial charge in [-0.1, -0.05) is 0 Å². The normalized spacial score (nSPS) is 10.7. The SMILES string of the molecule is Cc1c(C)c(C)c(CCOCC(=O)O)c(C)c1C. The van der Waals surface area contributed by atoms with Gasteiger partial charge in [0, 0.05) is 0 Å². The van der Waals surface area contributed by atoms with E-state index in [1.54, 1.807) is 0 Å². The average molecular weight is 250 g/mol. The first kappa shape index (κ1) is 14.7. The Morgan fingerprint density at radius 3 is 1.83 bits per heavy atom. The Kier molecular flexibility index (Phi) is 4.91. The van der Waals surface area contributed by atoms with Crippen LogP contribution in [0.1, 0.15) is 33.4 Å². The fraction of sp³-hybridized carbons (Fsp3) is 0.533. The Hall–Kier alpha value is -1.35. The lowest BCUT2D eigenvalue weighted by atomic mass is 9.88. The molecule has 1 N–H and O–H groups in total. The summed E-state index contributed by atoms with van der Waals surface area (Å²) in [5.41, 5.74) is 7.89. The molecule has 0 saturated carbocycles. The van der Waals surface area contributed by atoms with Crippen molar-refractivity contribution >= 4 is 5.97 Å². The zero-order valence-electron chi connectivity index (χ0n) is 11.9. The molecule has 0 atom stereocenters. The van der Waals surface area contributed by atoms with Gasteiger partial charge in [0.05, 0.1) is 6.61 Å². The van der Waals surface area contributed by atoms with Crippen LogP contribution in [0, 0.1) is 34.6 Å². The molecule has 18 heavy (non-hydrogen) atoms. The van der Waals surface area contributed by atoms with Crippen LogP contribution < -0.4 is 0 Å². The number of benzene rings is 1. The first-order valence-corrected chi connectivity index (χ1v) is 6.21. The van der Waals surface area contributed by atoms with Gasteiger partial charge in [0.2, 0.25) is 0 Å². The van der Waals surface area contributed by atoms with Gasteiger partial charge in [-0.05, 0) is 74.4 Å². The van der Waals surface area contributed by atoms with Gasteiger partial charge in [0.1, 0.15) is 6.61 Å². The van der Waals surface area contributed by atoms with Crippen molar-refractivity contribution in [1.29, 1.82) is 0 Å². The molecule has 1 rings (SSSR count). The van der Waals surface area contributed by atoms with Crippen molar-refractivity contribution in [3.8, 4) is 0 Å². The molecule has 0 heterocycles. The van der Waals surface area contributed by atoms with Crippen LogP contribution in [0.4, 0.5) is 0 Å². The summed E-state index contributed by atoms with van der Waals surface area (Å²) in [6.07, 6.45) is 0.771. The summed E-state index contributed by atoms with van der Waals surface area (Å²) in [5.74, 6) is -0.917. The average Bonchev–Trinajstić information content (AvgIpc) is 2.32. The summed E-state index contributed by atoms with van der Waals surface area (Å²) >= 11 is 0. The van der Waals surface area contributed by atoms with Gasteiger partial charge >= 0.3 is 5.97 Å². The summed E-state index contributed by atoms with van der Waals surface area (Å²) in [6.45, 7) is 10.9. The van der Waals surface area contributed by atoms with Crippen molar-refractivity contribution in [3.63, 3.8) is 0 Å². The predicted octanol–water partition coefficient (Wildman–Crippen LogP) is 2.87. The standard InChI is InChI=1S/C15H22O3/c1-9-10(2)12(4)14(13(5)11(9)3)6-7-18-8-15(16)17/h6-8H2,1-5H3,(H,16,17). The van der Waals surface area contributed by atoms with E-state index >= 15 is 0 Å². The second-order valence-electron chi connectivity index (χ2n) is 4.80. The van der Waals surface area contributed by atoms with E-state index in [1.165, 1.54) is 33.4 Å². The first-order chi connectivity index (χ1) is 8.36. The Morgan fingerprint density at radius 1 is 0.944 bits per heavy atom. The third kappa shape index (κ3) is 3.10. The highest BCUT2D eigenvalue weighted by atomic mass is 16.5. The molecule has 1 aromatic rings. The van der Waals surface area contributed by atoms with Gasteiger partial charge < -0.3 is 9.84 Å². The van der Waals surface area contributed by atoms with E-state index in [-0.39, 0.29) is 6.61 Å². The number of ether oxygens (including phenoxy) is 1. The fourth-order valence-corrected chi connectivity index (χ4v) is 2.29. The van der Waals surface area contributed by atoms with E-state index < -0.39 is 5.97 Å². The maximum atomic E-state index is 10.4. The Morgan fingerprint density at radius 2 is 1.39 bits per heavy atom. The smallest absolute Gasteiger partial charge is 0.329 e. The molecule has 0 bridgehead atoms. The van der Waals surface area contributed by atoms with Crippen LogP contribution in [0.2, 0.25) is 0 Å². The number of carboxylic acid groups (broad SMARTS) is 1. The molecule has 0 fully saturated rings. The molecule has 0 aromatic heterocycles. The molecule has 100 valence electrons. The monoisotopic (exact) mass is 250 g/mol. The van der Waals surface area contributed by atoms with Crippen LogP contribution in [-0.2, 0) is 16.0 Å². The minimum Gasteiger partial charge on any atom is -0.480 e. The van der Waals surface area contributed by atoms with Crippen molar-refractivity contribution in [2.24, 2.45) is 0 Å². The molecule has 3 nitrogen and oxygen atoms in total. The third-order valence-corrected chi connectivity index (χ3v) is 3.88. The molecule has 0 saturated heterocycles. The molecule has 0 spiro atoms. The number of hydrogen-bond acceptors (Lipinski definition) is 2. The highest BCUT2D eigenvalue weighted by Crippen LogP contribution is 2.26. The Bertz CT molecular complexity index is 432. The Balaban J connectivity index is 2.86. The number of carbonyl (C=O) groups is 1. The van der Waals surface area contributed by atoms with Crippen molar-refractivity contribution < 1.29 is 14.6 Å². The lowest BCUT2D eigenvalue weighted by Gasteiger charge is -2.18. The molecule has 0 amide bonds. The minimum absolute atomic E-state index is 0.220. The second-order valence-corrected chi connectivity index (χ2v) is 4.80. The van der Waals surface area contributed by atoms with Crippen LogP contribution in [0.5, 0.6) is 0 Å². The van der Waals surface area contributed by atoms with E-state index in [0.717, 1.165) is 6.42 Å². The highest BCUT2D eigenvalue weighted by molar-refractivity contribution is 5.68. The third-order valence-electron chi connectivity index (χ3n) is 3.88.